The van der Waals surface area contributed by atoms with Crippen molar-refractivity contribution in [1.29, 1.82) is 0 Å². The first-order valence-electron chi connectivity index (χ1n) is 6.76. The van der Waals surface area contributed by atoms with Crippen LogP contribution in [0, 0.1) is 0 Å². The fourth-order valence-corrected chi connectivity index (χ4v) is 1.81. The molecule has 0 radical (unpaired) electrons. The van der Waals surface area contributed by atoms with Crippen LogP contribution in [-0.2, 0) is 0 Å². The molecule has 0 aliphatic carbocycles. The predicted molar refractivity (Wildman–Crippen MR) is 87.8 cm³/mol. The summed E-state index contributed by atoms with van der Waals surface area (Å²) in [6.45, 7) is 0. The summed E-state index contributed by atoms with van der Waals surface area (Å²) in [4.78, 5) is 20.2. The van der Waals surface area contributed by atoms with E-state index in [0.717, 1.165) is 0 Å². The number of nitrogen functional groups attached to an aromatic ring is 1. The number of carbonyl (C=O) groups is 1. The maximum Gasteiger partial charge on any atom is 0.273 e. The lowest BCUT2D eigenvalue weighted by atomic mass is 10.2. The van der Waals surface area contributed by atoms with Crippen molar-refractivity contribution in [2.24, 2.45) is 0 Å². The van der Waals surface area contributed by atoms with Crippen LogP contribution in [0.3, 0.4) is 0 Å². The fourth-order valence-electron chi connectivity index (χ4n) is 1.81. The van der Waals surface area contributed by atoms with Crippen LogP contribution in [0.2, 0.25) is 0 Å². The van der Waals surface area contributed by atoms with E-state index in [0.29, 0.717) is 17.1 Å². The molecule has 0 saturated heterocycles. The Hall–Kier alpha value is -3.07. The standard InChI is InChI=1S/C14H19N7O2/c1-21(2)20-13-11(15)12(16-8-17-13)18-19-14(22)9-6-4-5-7-10(9)23-3/h4-8H,15H2,1-3H3,(H,19,22)(H2,16,17,18,20). The number of anilines is 3. The fraction of sp³-hybridized carbons (Fsp3) is 0.214. The van der Waals surface area contributed by atoms with E-state index in [1.165, 1.54) is 13.4 Å². The molecule has 0 unspecified atom stereocenters. The summed E-state index contributed by atoms with van der Waals surface area (Å²) < 4.78 is 5.15. The number of carbonyl (C=O) groups excluding carboxylic acids is 1. The van der Waals surface area contributed by atoms with E-state index < -0.39 is 0 Å². The highest BCUT2D eigenvalue weighted by Crippen LogP contribution is 2.22. The highest BCUT2D eigenvalue weighted by atomic mass is 16.5. The highest BCUT2D eigenvalue weighted by molar-refractivity contribution is 5.97. The molecule has 1 aromatic carbocycles. The van der Waals surface area contributed by atoms with Crippen LogP contribution >= 0.6 is 0 Å². The lowest BCUT2D eigenvalue weighted by Gasteiger charge is -2.16. The van der Waals surface area contributed by atoms with E-state index in [-0.39, 0.29) is 17.4 Å². The number of nitrogens with two attached hydrogens (primary N) is 1. The number of nitrogens with one attached hydrogen (secondary N) is 3. The van der Waals surface area contributed by atoms with Crippen LogP contribution < -0.4 is 26.7 Å². The number of hydrazine groups is 2. The summed E-state index contributed by atoms with van der Waals surface area (Å²) in [5.41, 5.74) is 14.8. The van der Waals surface area contributed by atoms with Gasteiger partial charge in [0.15, 0.2) is 11.6 Å². The third kappa shape index (κ3) is 3.98. The van der Waals surface area contributed by atoms with Crippen molar-refractivity contribution in [1.82, 2.24) is 20.4 Å². The van der Waals surface area contributed by atoms with Crippen molar-refractivity contribution >= 4 is 23.2 Å². The van der Waals surface area contributed by atoms with Gasteiger partial charge in [0.25, 0.3) is 5.91 Å². The second kappa shape index (κ2) is 7.27. The molecule has 0 aliphatic rings. The molecule has 23 heavy (non-hydrogen) atoms. The zero-order chi connectivity index (χ0) is 16.8. The van der Waals surface area contributed by atoms with E-state index in [1.54, 1.807) is 43.4 Å². The molecule has 0 atom stereocenters. The van der Waals surface area contributed by atoms with Gasteiger partial charge in [-0.05, 0) is 12.1 Å². The van der Waals surface area contributed by atoms with Crippen molar-refractivity contribution < 1.29 is 9.53 Å². The van der Waals surface area contributed by atoms with Gasteiger partial charge in [-0.3, -0.25) is 15.6 Å². The van der Waals surface area contributed by atoms with Crippen LogP contribution in [0.4, 0.5) is 17.3 Å². The number of amides is 1. The average molecular weight is 317 g/mol. The second-order valence-electron chi connectivity index (χ2n) is 4.77. The zero-order valence-electron chi connectivity index (χ0n) is 13.1. The maximum atomic E-state index is 12.2. The van der Waals surface area contributed by atoms with Gasteiger partial charge in [-0.2, -0.15) is 0 Å². The largest absolute Gasteiger partial charge is 0.496 e. The lowest BCUT2D eigenvalue weighted by molar-refractivity contribution is 0.0959. The molecule has 1 aromatic heterocycles. The van der Waals surface area contributed by atoms with Crippen LogP contribution in [-0.4, -0.2) is 42.1 Å². The summed E-state index contributed by atoms with van der Waals surface area (Å²) in [5.74, 6) is 0.812. The molecular weight excluding hydrogens is 298 g/mol. The highest BCUT2D eigenvalue weighted by Gasteiger charge is 2.13. The van der Waals surface area contributed by atoms with Crippen LogP contribution in [0.25, 0.3) is 0 Å². The lowest BCUT2D eigenvalue weighted by Crippen LogP contribution is -2.31. The summed E-state index contributed by atoms with van der Waals surface area (Å²) in [5, 5.41) is 1.69. The van der Waals surface area contributed by atoms with Gasteiger partial charge in [0.05, 0.1) is 12.7 Å². The molecule has 2 aromatic rings. The molecule has 0 fully saturated rings. The molecule has 0 spiro atoms. The van der Waals surface area contributed by atoms with Gasteiger partial charge in [0.1, 0.15) is 17.8 Å². The van der Waals surface area contributed by atoms with Crippen molar-refractivity contribution in [3.05, 3.63) is 36.2 Å². The monoisotopic (exact) mass is 317 g/mol. The third-order valence-corrected chi connectivity index (χ3v) is 2.86. The van der Waals surface area contributed by atoms with Crippen molar-refractivity contribution in [2.45, 2.75) is 0 Å². The molecule has 122 valence electrons. The first-order valence-corrected chi connectivity index (χ1v) is 6.76. The topological polar surface area (TPSA) is 117 Å². The van der Waals surface area contributed by atoms with Gasteiger partial charge in [0.2, 0.25) is 0 Å². The molecule has 0 saturated carbocycles. The van der Waals surface area contributed by atoms with E-state index in [2.05, 4.69) is 26.2 Å². The average Bonchev–Trinajstić information content (AvgIpc) is 2.55. The number of ether oxygens (including phenoxy) is 1. The number of aromatic nitrogens is 2. The summed E-state index contributed by atoms with van der Waals surface area (Å²) in [6, 6.07) is 6.88. The Morgan fingerprint density at radius 2 is 1.91 bits per heavy atom. The zero-order valence-corrected chi connectivity index (χ0v) is 13.1. The summed E-state index contributed by atoms with van der Waals surface area (Å²) in [6.07, 6.45) is 1.33. The van der Waals surface area contributed by atoms with E-state index in [9.17, 15) is 4.79 Å². The van der Waals surface area contributed by atoms with Gasteiger partial charge in [-0.25, -0.2) is 15.0 Å². The smallest absolute Gasteiger partial charge is 0.273 e. The summed E-state index contributed by atoms with van der Waals surface area (Å²) in [7, 11) is 5.11. The Balaban J connectivity index is 2.10. The number of rotatable bonds is 6. The molecule has 9 nitrogen and oxygen atoms in total. The minimum absolute atomic E-state index is 0.279. The number of benzene rings is 1. The quantitative estimate of drug-likeness (QED) is 0.576. The van der Waals surface area contributed by atoms with Crippen molar-refractivity contribution in [2.75, 3.05) is 37.8 Å². The van der Waals surface area contributed by atoms with Gasteiger partial charge in [-0.1, -0.05) is 12.1 Å². The Kier molecular flexibility index (Phi) is 5.15. The van der Waals surface area contributed by atoms with E-state index in [1.807, 2.05) is 0 Å². The Morgan fingerprint density at radius 1 is 1.22 bits per heavy atom. The minimum atomic E-state index is -0.373. The second-order valence-corrected chi connectivity index (χ2v) is 4.77. The SMILES string of the molecule is COc1ccccc1C(=O)NNc1ncnc(NN(C)C)c1N. The predicted octanol–water partition coefficient (Wildman–Crippen LogP) is 0.713. The third-order valence-electron chi connectivity index (χ3n) is 2.86. The normalized spacial score (nSPS) is 10.3. The first-order chi connectivity index (χ1) is 11.0. The molecule has 1 heterocycles. The summed E-state index contributed by atoms with van der Waals surface area (Å²) >= 11 is 0. The van der Waals surface area contributed by atoms with E-state index in [4.69, 9.17) is 10.5 Å². The molecule has 9 heteroatoms. The first kappa shape index (κ1) is 16.3. The molecule has 2 rings (SSSR count). The number of hydrogen-bond donors (Lipinski definition) is 4. The van der Waals surface area contributed by atoms with Crippen LogP contribution in [0.5, 0.6) is 5.75 Å². The van der Waals surface area contributed by atoms with Crippen molar-refractivity contribution in [3.8, 4) is 5.75 Å². The number of methoxy groups -OCH3 is 1. The molecular formula is C14H19N7O2. The van der Waals surface area contributed by atoms with Gasteiger partial charge < -0.3 is 15.9 Å². The molecule has 5 N–H and O–H groups in total. The van der Waals surface area contributed by atoms with Gasteiger partial charge in [0, 0.05) is 14.1 Å². The van der Waals surface area contributed by atoms with Gasteiger partial charge in [-0.15, -0.1) is 0 Å². The Labute approximate surface area is 133 Å². The number of nitrogens with zero attached hydrogens (tertiary/aromatic N) is 3. The Morgan fingerprint density at radius 3 is 2.61 bits per heavy atom. The molecule has 1 amide bonds. The number of hydrogen-bond acceptors (Lipinski definition) is 8. The van der Waals surface area contributed by atoms with Crippen LogP contribution in [0.15, 0.2) is 30.6 Å². The minimum Gasteiger partial charge on any atom is -0.496 e. The molecule has 0 aliphatic heterocycles. The number of para-hydroxylation sites is 1. The van der Waals surface area contributed by atoms with Crippen molar-refractivity contribution in [3.63, 3.8) is 0 Å². The van der Waals surface area contributed by atoms with Crippen LogP contribution in [0.1, 0.15) is 10.4 Å². The Bertz CT molecular complexity index is 691. The molecule has 0 bridgehead atoms. The van der Waals surface area contributed by atoms with Gasteiger partial charge >= 0.3 is 0 Å². The van der Waals surface area contributed by atoms with E-state index >= 15 is 0 Å². The maximum absolute atomic E-state index is 12.2.